The van der Waals surface area contributed by atoms with Gasteiger partial charge in [0, 0.05) is 6.54 Å². The highest BCUT2D eigenvalue weighted by Gasteiger charge is 2.18. The summed E-state index contributed by atoms with van der Waals surface area (Å²) >= 11 is 0. The Morgan fingerprint density at radius 3 is 2.40 bits per heavy atom. The average molecular weight is 284 g/mol. The van der Waals surface area contributed by atoms with Gasteiger partial charge in [-0.3, -0.25) is 0 Å². The predicted molar refractivity (Wildman–Crippen MR) is 84.9 cm³/mol. The Balaban J connectivity index is 3.99. The molecule has 1 amide bonds. The van der Waals surface area contributed by atoms with E-state index in [1.54, 1.807) is 0 Å². The molecule has 0 fully saturated rings. The summed E-state index contributed by atoms with van der Waals surface area (Å²) in [6, 6.07) is 0. The van der Waals surface area contributed by atoms with E-state index in [0.29, 0.717) is 18.4 Å². The molecule has 0 aliphatic heterocycles. The molecule has 0 aromatic heterocycles. The van der Waals surface area contributed by atoms with Crippen LogP contribution in [0.25, 0.3) is 0 Å². The summed E-state index contributed by atoms with van der Waals surface area (Å²) in [5, 5.41) is 6.29. The quantitative estimate of drug-likeness (QED) is 0.531. The second-order valence-electron chi connectivity index (χ2n) is 6.45. The van der Waals surface area contributed by atoms with Crippen LogP contribution in [0.3, 0.4) is 0 Å². The highest BCUT2D eigenvalue weighted by Crippen LogP contribution is 2.10. The maximum absolute atomic E-state index is 11.6. The van der Waals surface area contributed by atoms with Crippen molar-refractivity contribution in [1.29, 1.82) is 0 Å². The smallest absolute Gasteiger partial charge is 0.407 e. The van der Waals surface area contributed by atoms with Crippen LogP contribution in [-0.4, -0.2) is 31.3 Å². The fourth-order valence-electron chi connectivity index (χ4n) is 1.71. The summed E-state index contributed by atoms with van der Waals surface area (Å²) in [4.78, 5) is 11.6. The molecule has 0 saturated heterocycles. The molecule has 1 unspecified atom stereocenters. The van der Waals surface area contributed by atoms with E-state index in [1.165, 1.54) is 0 Å². The zero-order valence-corrected chi connectivity index (χ0v) is 14.0. The Kier molecular flexibility index (Phi) is 9.30. The van der Waals surface area contributed by atoms with Gasteiger partial charge in [0.2, 0.25) is 0 Å². The molecule has 0 aliphatic rings. The fraction of sp³-hybridized carbons (Fsp3) is 0.812. The van der Waals surface area contributed by atoms with E-state index in [9.17, 15) is 4.79 Å². The predicted octanol–water partition coefficient (Wildman–Crippen LogP) is 3.34. The summed E-state index contributed by atoms with van der Waals surface area (Å²) in [5.41, 5.74) is -0.442. The van der Waals surface area contributed by atoms with Crippen molar-refractivity contribution in [2.75, 3.05) is 19.6 Å². The minimum Gasteiger partial charge on any atom is -0.444 e. The van der Waals surface area contributed by atoms with E-state index in [0.717, 1.165) is 19.5 Å². The van der Waals surface area contributed by atoms with Gasteiger partial charge in [-0.05, 0) is 59.0 Å². The van der Waals surface area contributed by atoms with Crippen LogP contribution in [0, 0.1) is 11.8 Å². The van der Waals surface area contributed by atoms with Gasteiger partial charge in [0.15, 0.2) is 0 Å². The standard InChI is InChI=1S/C16H32N2O2/c1-7-8-9-10-17-11-14(13(2)3)12-18-15(19)20-16(4,5)6/h7-8,13-14,17H,9-12H2,1-6H3,(H,18,19)/b8-7+. The van der Waals surface area contributed by atoms with Crippen molar-refractivity contribution in [3.05, 3.63) is 12.2 Å². The van der Waals surface area contributed by atoms with E-state index in [-0.39, 0.29) is 6.09 Å². The lowest BCUT2D eigenvalue weighted by Crippen LogP contribution is -2.39. The molecule has 0 spiro atoms. The topological polar surface area (TPSA) is 50.4 Å². The molecule has 0 rings (SSSR count). The Morgan fingerprint density at radius 2 is 1.90 bits per heavy atom. The molecule has 0 bridgehead atoms. The summed E-state index contributed by atoms with van der Waals surface area (Å²) in [5.74, 6) is 0.923. The normalized spacial score (nSPS) is 13.8. The molecular formula is C16H32N2O2. The molecule has 0 heterocycles. The van der Waals surface area contributed by atoms with Crippen LogP contribution in [0.2, 0.25) is 0 Å². The maximum atomic E-state index is 11.6. The SMILES string of the molecule is C/C=C/CCNCC(CNC(=O)OC(C)(C)C)C(C)C. The van der Waals surface area contributed by atoms with Gasteiger partial charge >= 0.3 is 6.09 Å². The molecule has 0 radical (unpaired) electrons. The lowest BCUT2D eigenvalue weighted by molar-refractivity contribution is 0.0515. The van der Waals surface area contributed by atoms with Crippen LogP contribution in [0.5, 0.6) is 0 Å². The number of carbonyl (C=O) groups is 1. The first-order valence-corrected chi connectivity index (χ1v) is 7.55. The molecule has 4 nitrogen and oxygen atoms in total. The second-order valence-corrected chi connectivity index (χ2v) is 6.45. The lowest BCUT2D eigenvalue weighted by atomic mass is 9.96. The third kappa shape index (κ3) is 10.9. The van der Waals surface area contributed by atoms with Gasteiger partial charge < -0.3 is 15.4 Å². The van der Waals surface area contributed by atoms with Gasteiger partial charge in [-0.1, -0.05) is 26.0 Å². The molecule has 1 atom stereocenters. The molecule has 0 aromatic rings. The van der Waals surface area contributed by atoms with E-state index >= 15 is 0 Å². The maximum Gasteiger partial charge on any atom is 0.407 e. The molecule has 118 valence electrons. The largest absolute Gasteiger partial charge is 0.444 e. The molecular weight excluding hydrogens is 252 g/mol. The number of amides is 1. The summed E-state index contributed by atoms with van der Waals surface area (Å²) in [7, 11) is 0. The lowest BCUT2D eigenvalue weighted by Gasteiger charge is -2.24. The number of rotatable bonds is 8. The Bertz CT molecular complexity index is 293. The monoisotopic (exact) mass is 284 g/mol. The number of nitrogens with one attached hydrogen (secondary N) is 2. The van der Waals surface area contributed by atoms with Gasteiger partial charge in [-0.25, -0.2) is 4.79 Å². The first-order chi connectivity index (χ1) is 9.26. The van der Waals surface area contributed by atoms with E-state index < -0.39 is 5.60 Å². The number of hydrogen-bond donors (Lipinski definition) is 2. The highest BCUT2D eigenvalue weighted by molar-refractivity contribution is 5.67. The summed E-state index contributed by atoms with van der Waals surface area (Å²) < 4.78 is 5.25. The third-order valence-corrected chi connectivity index (χ3v) is 2.98. The van der Waals surface area contributed by atoms with Crippen molar-refractivity contribution < 1.29 is 9.53 Å². The zero-order valence-electron chi connectivity index (χ0n) is 14.0. The van der Waals surface area contributed by atoms with Crippen LogP contribution in [0.4, 0.5) is 4.79 Å². The average Bonchev–Trinajstić information content (AvgIpc) is 2.29. The number of carbonyl (C=O) groups excluding carboxylic acids is 1. The van der Waals surface area contributed by atoms with Crippen molar-refractivity contribution in [2.24, 2.45) is 11.8 Å². The van der Waals surface area contributed by atoms with E-state index in [4.69, 9.17) is 4.74 Å². The van der Waals surface area contributed by atoms with E-state index in [2.05, 4.69) is 36.6 Å². The van der Waals surface area contributed by atoms with Crippen molar-refractivity contribution in [3.63, 3.8) is 0 Å². The molecule has 2 N–H and O–H groups in total. The number of allylic oxidation sites excluding steroid dienone is 1. The molecule has 0 aromatic carbocycles. The summed E-state index contributed by atoms with van der Waals surface area (Å²) in [6.07, 6.45) is 4.92. The van der Waals surface area contributed by atoms with Crippen LogP contribution in [0.1, 0.15) is 48.0 Å². The Morgan fingerprint density at radius 1 is 1.25 bits per heavy atom. The molecule has 4 heteroatoms. The third-order valence-electron chi connectivity index (χ3n) is 2.98. The van der Waals surface area contributed by atoms with Crippen LogP contribution >= 0.6 is 0 Å². The Hall–Kier alpha value is -1.03. The van der Waals surface area contributed by atoms with Crippen LogP contribution in [-0.2, 0) is 4.74 Å². The van der Waals surface area contributed by atoms with Gasteiger partial charge in [-0.15, -0.1) is 0 Å². The van der Waals surface area contributed by atoms with Crippen molar-refractivity contribution in [2.45, 2.75) is 53.6 Å². The minimum atomic E-state index is -0.442. The number of ether oxygens (including phenoxy) is 1. The number of alkyl carbamates (subject to hydrolysis) is 1. The molecule has 0 aliphatic carbocycles. The van der Waals surface area contributed by atoms with Gasteiger partial charge in [0.25, 0.3) is 0 Å². The van der Waals surface area contributed by atoms with Crippen LogP contribution in [0.15, 0.2) is 12.2 Å². The first kappa shape index (κ1) is 19.0. The van der Waals surface area contributed by atoms with E-state index in [1.807, 2.05) is 27.7 Å². The first-order valence-electron chi connectivity index (χ1n) is 7.55. The molecule has 20 heavy (non-hydrogen) atoms. The Labute approximate surface area is 124 Å². The van der Waals surface area contributed by atoms with Crippen molar-refractivity contribution in [3.8, 4) is 0 Å². The second kappa shape index (κ2) is 9.81. The van der Waals surface area contributed by atoms with Gasteiger partial charge in [-0.2, -0.15) is 0 Å². The fourth-order valence-corrected chi connectivity index (χ4v) is 1.71. The van der Waals surface area contributed by atoms with Crippen LogP contribution < -0.4 is 10.6 Å². The highest BCUT2D eigenvalue weighted by atomic mass is 16.6. The van der Waals surface area contributed by atoms with Gasteiger partial charge in [0.1, 0.15) is 5.60 Å². The van der Waals surface area contributed by atoms with Gasteiger partial charge in [0.05, 0.1) is 0 Å². The minimum absolute atomic E-state index is 0.336. The summed E-state index contributed by atoms with van der Waals surface area (Å²) in [6.45, 7) is 14.5. The molecule has 0 saturated carbocycles. The zero-order chi connectivity index (χ0) is 15.6. The number of hydrogen-bond acceptors (Lipinski definition) is 3. The van der Waals surface area contributed by atoms with Crippen molar-refractivity contribution in [1.82, 2.24) is 10.6 Å². The van der Waals surface area contributed by atoms with Crippen molar-refractivity contribution >= 4 is 6.09 Å².